The Morgan fingerprint density at radius 1 is 1.56 bits per heavy atom. The average molecular weight is 356 g/mol. The Hall–Kier alpha value is -0.770. The van der Waals surface area contributed by atoms with Crippen molar-refractivity contribution in [1.82, 2.24) is 9.97 Å². The number of nitrogens with two attached hydrogens (primary N) is 1. The van der Waals surface area contributed by atoms with Crippen molar-refractivity contribution in [2.24, 2.45) is 5.14 Å². The molecule has 7 nitrogen and oxygen atoms in total. The summed E-state index contributed by atoms with van der Waals surface area (Å²) >= 11 is 8.83. The molecule has 2 N–H and O–H groups in total. The van der Waals surface area contributed by atoms with Crippen LogP contribution in [0.25, 0.3) is 0 Å². The van der Waals surface area contributed by atoms with E-state index in [4.69, 9.17) is 16.7 Å². The predicted octanol–water partition coefficient (Wildman–Crippen LogP) is 0.286. The van der Waals surface area contributed by atoms with Crippen molar-refractivity contribution >= 4 is 49.3 Å². The van der Waals surface area contributed by atoms with E-state index in [0.29, 0.717) is 4.47 Å². The van der Waals surface area contributed by atoms with Crippen molar-refractivity contribution in [3.05, 3.63) is 16.0 Å². The zero-order valence-electron chi connectivity index (χ0n) is 8.88. The van der Waals surface area contributed by atoms with Gasteiger partial charge < -0.3 is 0 Å². The number of amides is 1. The summed E-state index contributed by atoms with van der Waals surface area (Å²) < 4.78 is 22.9. The lowest BCUT2D eigenvalue weighted by Gasteiger charge is -2.16. The molecule has 1 amide bonds. The number of nitrogens with zero attached hydrogens (tertiary/aromatic N) is 3. The maximum absolute atomic E-state index is 11.8. The third-order valence-corrected chi connectivity index (χ3v) is 4.49. The molecule has 0 bridgehead atoms. The molecule has 0 aliphatic carbocycles. The molecular weight excluding hydrogens is 348 g/mol. The van der Waals surface area contributed by atoms with Gasteiger partial charge in [-0.25, -0.2) is 18.5 Å². The predicted molar refractivity (Wildman–Crippen MR) is 68.6 cm³/mol. The fourth-order valence-electron chi connectivity index (χ4n) is 1.63. The van der Waals surface area contributed by atoms with Crippen LogP contribution in [0.5, 0.6) is 0 Å². The van der Waals surface area contributed by atoms with Crippen molar-refractivity contribution in [2.45, 2.75) is 11.7 Å². The number of sulfonamides is 1. The summed E-state index contributed by atoms with van der Waals surface area (Å²) in [7, 11) is -3.75. The van der Waals surface area contributed by atoms with Crippen LogP contribution in [-0.4, -0.2) is 36.1 Å². The van der Waals surface area contributed by atoms with E-state index in [1.807, 2.05) is 0 Å². The molecule has 10 heteroatoms. The minimum atomic E-state index is -3.75. The summed E-state index contributed by atoms with van der Waals surface area (Å²) in [6.45, 7) is -0.0381. The average Bonchev–Trinajstić information content (AvgIpc) is 2.64. The first-order chi connectivity index (χ1) is 8.29. The quantitative estimate of drug-likeness (QED) is 0.767. The standard InChI is InChI=1S/C8H8BrClN4O3S/c9-5-2-12-8(10)13-7(5)14-3-4(1-6(14)15)18(11,16)17/h2,4H,1,3H2,(H2,11,16,17). The zero-order chi connectivity index (χ0) is 13.5. The van der Waals surface area contributed by atoms with E-state index in [9.17, 15) is 13.2 Å². The lowest BCUT2D eigenvalue weighted by Crippen LogP contribution is -2.32. The lowest BCUT2D eigenvalue weighted by molar-refractivity contribution is -0.117. The maximum Gasteiger partial charge on any atom is 0.229 e. The topological polar surface area (TPSA) is 106 Å². The number of carbonyl (C=O) groups is 1. The molecule has 1 aromatic rings. The molecule has 98 valence electrons. The summed E-state index contributed by atoms with van der Waals surface area (Å²) in [5.74, 6) is -0.129. The number of primary sulfonamides is 1. The Kier molecular flexibility index (Phi) is 3.58. The number of hydrogen-bond donors (Lipinski definition) is 1. The number of anilines is 1. The fraction of sp³-hybridized carbons (Fsp3) is 0.375. The van der Waals surface area contributed by atoms with Gasteiger partial charge in [0.15, 0.2) is 5.82 Å². The van der Waals surface area contributed by atoms with Gasteiger partial charge in [-0.1, -0.05) is 0 Å². The first-order valence-corrected chi connectivity index (χ1v) is 7.57. The highest BCUT2D eigenvalue weighted by Crippen LogP contribution is 2.29. The molecule has 2 heterocycles. The van der Waals surface area contributed by atoms with Crippen LogP contribution in [0.15, 0.2) is 10.7 Å². The Morgan fingerprint density at radius 2 is 2.22 bits per heavy atom. The largest absolute Gasteiger partial charge is 0.294 e. The number of rotatable bonds is 2. The van der Waals surface area contributed by atoms with E-state index in [2.05, 4.69) is 25.9 Å². The van der Waals surface area contributed by atoms with Crippen LogP contribution in [0.4, 0.5) is 5.82 Å². The highest BCUT2D eigenvalue weighted by molar-refractivity contribution is 9.10. The number of carbonyl (C=O) groups excluding carboxylic acids is 1. The Balaban J connectivity index is 2.35. The third kappa shape index (κ3) is 2.63. The fourth-order valence-corrected chi connectivity index (χ4v) is 2.89. The van der Waals surface area contributed by atoms with Gasteiger partial charge in [0.25, 0.3) is 0 Å². The molecule has 0 spiro atoms. The highest BCUT2D eigenvalue weighted by Gasteiger charge is 2.38. The molecule has 1 aliphatic rings. The Morgan fingerprint density at radius 3 is 2.78 bits per heavy atom. The van der Waals surface area contributed by atoms with Crippen molar-refractivity contribution in [3.63, 3.8) is 0 Å². The van der Waals surface area contributed by atoms with E-state index in [1.165, 1.54) is 11.1 Å². The first kappa shape index (κ1) is 13.7. The van der Waals surface area contributed by atoms with Crippen LogP contribution < -0.4 is 10.0 Å². The number of halogens is 2. The second-order valence-electron chi connectivity index (χ2n) is 3.73. The van der Waals surface area contributed by atoms with Gasteiger partial charge in [-0.15, -0.1) is 0 Å². The minimum Gasteiger partial charge on any atom is -0.294 e. The summed E-state index contributed by atoms with van der Waals surface area (Å²) in [6.07, 6.45) is 1.23. The Bertz CT molecular complexity index is 608. The summed E-state index contributed by atoms with van der Waals surface area (Å²) in [4.78, 5) is 20.6. The smallest absolute Gasteiger partial charge is 0.229 e. The molecule has 0 saturated carbocycles. The zero-order valence-corrected chi connectivity index (χ0v) is 12.0. The van der Waals surface area contributed by atoms with Crippen molar-refractivity contribution in [1.29, 1.82) is 0 Å². The molecule has 1 saturated heterocycles. The molecule has 1 atom stereocenters. The van der Waals surface area contributed by atoms with Crippen molar-refractivity contribution in [3.8, 4) is 0 Å². The number of aromatic nitrogens is 2. The SMILES string of the molecule is NS(=O)(=O)C1CC(=O)N(c2nc(Cl)ncc2Br)C1. The van der Waals surface area contributed by atoms with Gasteiger partial charge >= 0.3 is 0 Å². The normalized spacial score (nSPS) is 20.5. The van der Waals surface area contributed by atoms with Gasteiger partial charge in [0.05, 0.1) is 4.47 Å². The van der Waals surface area contributed by atoms with Crippen LogP contribution in [0.1, 0.15) is 6.42 Å². The molecule has 1 aliphatic heterocycles. The molecular formula is C8H8BrClN4O3S. The first-order valence-electron chi connectivity index (χ1n) is 4.79. The highest BCUT2D eigenvalue weighted by atomic mass is 79.9. The molecule has 18 heavy (non-hydrogen) atoms. The van der Waals surface area contributed by atoms with Crippen LogP contribution in [-0.2, 0) is 14.8 Å². The van der Waals surface area contributed by atoms with Gasteiger partial charge in [0, 0.05) is 19.2 Å². The Labute approximate surface area is 117 Å². The van der Waals surface area contributed by atoms with Crippen LogP contribution in [0, 0.1) is 0 Å². The summed E-state index contributed by atoms with van der Waals surface area (Å²) in [5, 5.41) is 4.08. The van der Waals surface area contributed by atoms with Crippen LogP contribution in [0.3, 0.4) is 0 Å². The molecule has 0 radical (unpaired) electrons. The summed E-state index contributed by atoms with van der Waals surface area (Å²) in [5.41, 5.74) is 0. The van der Waals surface area contributed by atoms with E-state index in [1.54, 1.807) is 0 Å². The van der Waals surface area contributed by atoms with Crippen LogP contribution >= 0.6 is 27.5 Å². The van der Waals surface area contributed by atoms with Gasteiger partial charge in [0.2, 0.25) is 21.2 Å². The monoisotopic (exact) mass is 354 g/mol. The molecule has 1 unspecified atom stereocenters. The lowest BCUT2D eigenvalue weighted by atomic mass is 10.4. The second kappa shape index (κ2) is 4.72. The molecule has 2 rings (SSSR count). The van der Waals surface area contributed by atoms with Gasteiger partial charge in [0.1, 0.15) is 5.25 Å². The molecule has 0 aromatic carbocycles. The van der Waals surface area contributed by atoms with Crippen molar-refractivity contribution in [2.75, 3.05) is 11.4 Å². The van der Waals surface area contributed by atoms with Gasteiger partial charge in [-0.05, 0) is 27.5 Å². The van der Waals surface area contributed by atoms with Gasteiger partial charge in [-0.3, -0.25) is 9.69 Å². The second-order valence-corrected chi connectivity index (χ2v) is 6.77. The van der Waals surface area contributed by atoms with Crippen molar-refractivity contribution < 1.29 is 13.2 Å². The minimum absolute atomic E-state index is 0.0277. The van der Waals surface area contributed by atoms with Gasteiger partial charge in [-0.2, -0.15) is 4.98 Å². The molecule has 1 aromatic heterocycles. The van der Waals surface area contributed by atoms with E-state index in [0.717, 1.165) is 0 Å². The number of hydrogen-bond acceptors (Lipinski definition) is 5. The van der Waals surface area contributed by atoms with E-state index < -0.39 is 15.3 Å². The maximum atomic E-state index is 11.8. The van der Waals surface area contributed by atoms with E-state index >= 15 is 0 Å². The third-order valence-electron chi connectivity index (χ3n) is 2.51. The molecule has 1 fully saturated rings. The van der Waals surface area contributed by atoms with E-state index in [-0.39, 0.29) is 30.0 Å². The van der Waals surface area contributed by atoms with Crippen LogP contribution in [0.2, 0.25) is 5.28 Å². The summed E-state index contributed by atoms with van der Waals surface area (Å²) in [6, 6.07) is 0.